The molecule has 0 aliphatic heterocycles. The lowest BCUT2D eigenvalue weighted by molar-refractivity contribution is 0.415. The van der Waals surface area contributed by atoms with Gasteiger partial charge in [0.1, 0.15) is 5.75 Å². The normalized spacial score (nSPS) is 10.4. The fraction of sp³-hybridized carbons (Fsp3) is 0.294. The molecule has 0 fully saturated rings. The number of hydrogen-bond donors (Lipinski definition) is 1. The molecular formula is C17H20BrNO. The molecule has 0 saturated carbocycles. The Morgan fingerprint density at radius 2 is 1.70 bits per heavy atom. The van der Waals surface area contributed by atoms with Crippen LogP contribution in [0.5, 0.6) is 5.75 Å². The molecule has 2 rings (SSSR count). The van der Waals surface area contributed by atoms with Crippen molar-refractivity contribution in [2.45, 2.75) is 27.3 Å². The molecule has 0 heterocycles. The lowest BCUT2D eigenvalue weighted by Crippen LogP contribution is -2.04. The molecular weight excluding hydrogens is 314 g/mol. The van der Waals surface area contributed by atoms with Gasteiger partial charge in [0.2, 0.25) is 0 Å². The van der Waals surface area contributed by atoms with Gasteiger partial charge in [0.05, 0.1) is 12.8 Å². The predicted molar refractivity (Wildman–Crippen MR) is 88.7 cm³/mol. The second-order valence-electron chi connectivity index (χ2n) is 5.08. The van der Waals surface area contributed by atoms with Gasteiger partial charge in [0.15, 0.2) is 0 Å². The predicted octanol–water partition coefficient (Wildman–Crippen LogP) is 5.00. The van der Waals surface area contributed by atoms with Gasteiger partial charge in [0.25, 0.3) is 0 Å². The lowest BCUT2D eigenvalue weighted by Gasteiger charge is -2.15. The Kier molecular flexibility index (Phi) is 4.71. The lowest BCUT2D eigenvalue weighted by atomic mass is 10.00. The highest BCUT2D eigenvalue weighted by molar-refractivity contribution is 9.10. The molecule has 1 N–H and O–H groups in total. The molecule has 0 bridgehead atoms. The second kappa shape index (κ2) is 6.31. The molecule has 0 aliphatic carbocycles. The summed E-state index contributed by atoms with van der Waals surface area (Å²) in [5, 5.41) is 3.48. The van der Waals surface area contributed by atoms with Crippen LogP contribution in [0.25, 0.3) is 0 Å². The number of anilines is 1. The summed E-state index contributed by atoms with van der Waals surface area (Å²) in [5.74, 6) is 0.855. The molecule has 3 heteroatoms. The van der Waals surface area contributed by atoms with Crippen molar-refractivity contribution in [3.8, 4) is 5.75 Å². The van der Waals surface area contributed by atoms with Crippen molar-refractivity contribution >= 4 is 21.6 Å². The Labute approximate surface area is 129 Å². The smallest absolute Gasteiger partial charge is 0.121 e. The topological polar surface area (TPSA) is 21.3 Å². The SMILES string of the molecule is COc1ccc(Br)c(NCc2c(C)cc(C)cc2C)c1. The van der Waals surface area contributed by atoms with Crippen LogP contribution in [0.4, 0.5) is 5.69 Å². The van der Waals surface area contributed by atoms with Gasteiger partial charge in [-0.15, -0.1) is 0 Å². The summed E-state index contributed by atoms with van der Waals surface area (Å²) >= 11 is 3.56. The van der Waals surface area contributed by atoms with Gasteiger partial charge in [-0.2, -0.15) is 0 Å². The van der Waals surface area contributed by atoms with Gasteiger partial charge < -0.3 is 10.1 Å². The molecule has 0 radical (unpaired) electrons. The molecule has 0 saturated heterocycles. The van der Waals surface area contributed by atoms with E-state index in [9.17, 15) is 0 Å². The maximum atomic E-state index is 5.26. The summed E-state index contributed by atoms with van der Waals surface area (Å²) < 4.78 is 6.31. The minimum atomic E-state index is 0.809. The zero-order valence-corrected chi connectivity index (χ0v) is 14.0. The van der Waals surface area contributed by atoms with Crippen LogP contribution in [-0.2, 0) is 6.54 Å². The summed E-state index contributed by atoms with van der Waals surface area (Å²) in [6.07, 6.45) is 0. The first-order valence-electron chi connectivity index (χ1n) is 6.65. The minimum absolute atomic E-state index is 0.809. The third kappa shape index (κ3) is 3.34. The minimum Gasteiger partial charge on any atom is -0.497 e. The Hall–Kier alpha value is -1.48. The van der Waals surface area contributed by atoms with Crippen molar-refractivity contribution in [3.63, 3.8) is 0 Å². The van der Waals surface area contributed by atoms with Gasteiger partial charge in [-0.3, -0.25) is 0 Å². The highest BCUT2D eigenvalue weighted by Crippen LogP contribution is 2.28. The quantitative estimate of drug-likeness (QED) is 0.850. The molecule has 2 aromatic carbocycles. The zero-order chi connectivity index (χ0) is 14.7. The summed E-state index contributed by atoms with van der Waals surface area (Å²) in [6.45, 7) is 7.27. The van der Waals surface area contributed by atoms with Gasteiger partial charge in [-0.1, -0.05) is 17.7 Å². The van der Waals surface area contributed by atoms with Crippen LogP contribution in [0.3, 0.4) is 0 Å². The first-order valence-corrected chi connectivity index (χ1v) is 7.44. The summed E-state index contributed by atoms with van der Waals surface area (Å²) in [5.41, 5.74) is 6.36. The van der Waals surface area contributed by atoms with Crippen LogP contribution < -0.4 is 10.1 Å². The van der Waals surface area contributed by atoms with E-state index in [4.69, 9.17) is 4.74 Å². The fourth-order valence-electron chi connectivity index (χ4n) is 2.44. The van der Waals surface area contributed by atoms with E-state index >= 15 is 0 Å². The van der Waals surface area contributed by atoms with Gasteiger partial charge in [0, 0.05) is 17.1 Å². The monoisotopic (exact) mass is 333 g/mol. The van der Waals surface area contributed by atoms with Crippen LogP contribution in [0.2, 0.25) is 0 Å². The summed E-state index contributed by atoms with van der Waals surface area (Å²) in [6, 6.07) is 10.4. The molecule has 2 aromatic rings. The zero-order valence-electron chi connectivity index (χ0n) is 12.4. The van der Waals surface area contributed by atoms with Gasteiger partial charge >= 0.3 is 0 Å². The van der Waals surface area contributed by atoms with Crippen molar-refractivity contribution in [2.75, 3.05) is 12.4 Å². The Morgan fingerprint density at radius 1 is 1.05 bits per heavy atom. The molecule has 0 spiro atoms. The first kappa shape index (κ1) is 14.9. The van der Waals surface area contributed by atoms with Crippen LogP contribution in [0.15, 0.2) is 34.8 Å². The van der Waals surface area contributed by atoms with Crippen LogP contribution >= 0.6 is 15.9 Å². The van der Waals surface area contributed by atoms with E-state index in [0.717, 1.165) is 22.5 Å². The largest absolute Gasteiger partial charge is 0.497 e. The third-order valence-corrected chi connectivity index (χ3v) is 4.16. The van der Waals surface area contributed by atoms with Gasteiger partial charge in [-0.25, -0.2) is 0 Å². The number of hydrogen-bond acceptors (Lipinski definition) is 2. The third-order valence-electron chi connectivity index (χ3n) is 3.47. The van der Waals surface area contributed by atoms with Crippen LogP contribution in [0, 0.1) is 20.8 Å². The molecule has 20 heavy (non-hydrogen) atoms. The van der Waals surface area contributed by atoms with E-state index in [1.807, 2.05) is 18.2 Å². The highest BCUT2D eigenvalue weighted by atomic mass is 79.9. The Balaban J connectivity index is 2.21. The Bertz CT molecular complexity index is 599. The standard InChI is InChI=1S/C17H20BrNO/c1-11-7-12(2)15(13(3)8-11)10-19-17-9-14(20-4)5-6-16(17)18/h5-9,19H,10H2,1-4H3. The van der Waals surface area contributed by atoms with Crippen molar-refractivity contribution in [3.05, 3.63) is 57.1 Å². The molecule has 0 unspecified atom stereocenters. The maximum absolute atomic E-state index is 5.26. The fourth-order valence-corrected chi connectivity index (χ4v) is 2.83. The van der Waals surface area contributed by atoms with Crippen molar-refractivity contribution in [2.24, 2.45) is 0 Å². The molecule has 0 aromatic heterocycles. The summed E-state index contributed by atoms with van der Waals surface area (Å²) in [7, 11) is 1.68. The Morgan fingerprint density at radius 3 is 2.30 bits per heavy atom. The molecule has 0 amide bonds. The molecule has 2 nitrogen and oxygen atoms in total. The molecule has 106 valence electrons. The van der Waals surface area contributed by atoms with E-state index in [-0.39, 0.29) is 0 Å². The number of benzene rings is 2. The van der Waals surface area contributed by atoms with Crippen molar-refractivity contribution < 1.29 is 4.74 Å². The van der Waals surface area contributed by atoms with E-state index in [2.05, 4.69) is 54.2 Å². The highest BCUT2D eigenvalue weighted by Gasteiger charge is 2.06. The second-order valence-corrected chi connectivity index (χ2v) is 5.93. The van der Waals surface area contributed by atoms with Crippen molar-refractivity contribution in [1.82, 2.24) is 0 Å². The van der Waals surface area contributed by atoms with E-state index < -0.39 is 0 Å². The average Bonchev–Trinajstić information content (AvgIpc) is 2.39. The summed E-state index contributed by atoms with van der Waals surface area (Å²) in [4.78, 5) is 0. The number of aryl methyl sites for hydroxylation is 3. The maximum Gasteiger partial charge on any atom is 0.121 e. The number of rotatable bonds is 4. The number of nitrogens with one attached hydrogen (secondary N) is 1. The molecule has 0 atom stereocenters. The number of halogens is 1. The van der Waals surface area contributed by atoms with Gasteiger partial charge in [-0.05, 0) is 65.5 Å². The van der Waals surface area contributed by atoms with Crippen LogP contribution in [-0.4, -0.2) is 7.11 Å². The van der Waals surface area contributed by atoms with Crippen LogP contribution in [0.1, 0.15) is 22.3 Å². The van der Waals surface area contributed by atoms with E-state index in [1.165, 1.54) is 22.3 Å². The first-order chi connectivity index (χ1) is 9.51. The molecule has 0 aliphatic rings. The number of methoxy groups -OCH3 is 1. The van der Waals surface area contributed by atoms with Crippen molar-refractivity contribution in [1.29, 1.82) is 0 Å². The number of ether oxygens (including phenoxy) is 1. The van der Waals surface area contributed by atoms with E-state index in [1.54, 1.807) is 7.11 Å². The average molecular weight is 334 g/mol. The van der Waals surface area contributed by atoms with E-state index in [0.29, 0.717) is 0 Å².